The number of anilines is 2. The van der Waals surface area contributed by atoms with Crippen LogP contribution in [-0.4, -0.2) is 105 Å². The zero-order chi connectivity index (χ0) is 57.3. The van der Waals surface area contributed by atoms with Crippen molar-refractivity contribution in [2.24, 2.45) is 14.1 Å². The van der Waals surface area contributed by atoms with Crippen molar-refractivity contribution in [3.8, 4) is 12.1 Å². The first-order valence-corrected chi connectivity index (χ1v) is 27.2. The molecule has 2 amide bonds. The summed E-state index contributed by atoms with van der Waals surface area (Å²) in [5, 5.41) is 26.2. The Morgan fingerprint density at radius 1 is 0.756 bits per heavy atom. The molecule has 0 bridgehead atoms. The molecule has 2 N–H and O–H groups in total. The summed E-state index contributed by atoms with van der Waals surface area (Å²) < 4.78 is 69.1. The lowest BCUT2D eigenvalue weighted by Gasteiger charge is -2.35. The van der Waals surface area contributed by atoms with E-state index in [1.807, 2.05) is 9.80 Å². The third kappa shape index (κ3) is 12.7. The SMILES string of the molecule is Cn1c(S(C)(=O)=O)nc2c(C#N)c(N3CCC[C@@H](NC(=O)OC(C)(C)C)C3)n(Cc3cc(F)ccc3Cl)c2c1=O.[C-]#[N+]c1nc2c(C#N)c(N3CCC[C@@H](NC(=O)OC(C)(C)C)C3)n(Cc3cc(F)ccc3Cl)c2c(=O)n1C. The van der Waals surface area contributed by atoms with Crippen LogP contribution in [0.15, 0.2) is 51.1 Å². The number of nitriles is 2. The number of piperidine rings is 2. The van der Waals surface area contributed by atoms with Gasteiger partial charge in [-0.05, 0) is 115 Å². The van der Waals surface area contributed by atoms with Crippen molar-refractivity contribution >= 4 is 84.9 Å². The number of carbonyl (C=O) groups excluding carboxylic acids is 2. The second-order valence-corrected chi connectivity index (χ2v) is 23.7. The molecule has 6 aromatic rings. The summed E-state index contributed by atoms with van der Waals surface area (Å²) in [6.45, 7) is 19.5. The largest absolute Gasteiger partial charge is 0.444 e. The Balaban J connectivity index is 0.000000226. The van der Waals surface area contributed by atoms with Crippen molar-refractivity contribution in [2.75, 3.05) is 42.2 Å². The molecule has 6 heterocycles. The van der Waals surface area contributed by atoms with Gasteiger partial charge in [-0.3, -0.25) is 13.9 Å². The Labute approximate surface area is 458 Å². The number of ether oxygens (including phenoxy) is 2. The molecule has 8 rings (SSSR count). The van der Waals surface area contributed by atoms with Crippen LogP contribution >= 0.6 is 23.2 Å². The third-order valence-electron chi connectivity index (χ3n) is 12.7. The van der Waals surface area contributed by atoms with Gasteiger partial charge in [-0.1, -0.05) is 23.2 Å². The summed E-state index contributed by atoms with van der Waals surface area (Å²) >= 11 is 12.7. The summed E-state index contributed by atoms with van der Waals surface area (Å²) in [5.74, 6) is -0.504. The maximum absolute atomic E-state index is 14.2. The van der Waals surface area contributed by atoms with Crippen LogP contribution in [0.25, 0.3) is 26.9 Å². The fourth-order valence-electron chi connectivity index (χ4n) is 9.47. The average Bonchev–Trinajstić information content (AvgIpc) is 3.85. The smallest absolute Gasteiger partial charge is 0.407 e. The van der Waals surface area contributed by atoms with E-state index in [0.29, 0.717) is 73.1 Å². The number of fused-ring (bicyclic) bond motifs is 2. The number of carbonyl (C=O) groups is 2. The summed E-state index contributed by atoms with van der Waals surface area (Å²) in [7, 11) is -1.21. The van der Waals surface area contributed by atoms with Gasteiger partial charge in [-0.2, -0.15) is 10.5 Å². The molecule has 21 nitrogen and oxygen atoms in total. The second kappa shape index (κ2) is 22.7. The number of nitrogens with one attached hydrogen (secondary N) is 2. The van der Waals surface area contributed by atoms with Gasteiger partial charge >= 0.3 is 23.7 Å². The summed E-state index contributed by atoms with van der Waals surface area (Å²) in [5.41, 5.74) is -1.61. The Bertz CT molecular complexity index is 3750. The predicted octanol–water partition coefficient (Wildman–Crippen LogP) is 7.84. The van der Waals surface area contributed by atoms with Crippen LogP contribution in [-0.2, 0) is 46.5 Å². The van der Waals surface area contributed by atoms with E-state index in [-0.39, 0.29) is 75.9 Å². The van der Waals surface area contributed by atoms with E-state index in [1.165, 1.54) is 55.1 Å². The number of halogens is 4. The molecule has 2 fully saturated rings. The number of amides is 2. The van der Waals surface area contributed by atoms with Crippen molar-refractivity contribution in [3.05, 3.63) is 112 Å². The van der Waals surface area contributed by atoms with Crippen LogP contribution in [0.2, 0.25) is 10.0 Å². The van der Waals surface area contributed by atoms with Gasteiger partial charge in [-0.25, -0.2) is 36.6 Å². The highest BCUT2D eigenvalue weighted by molar-refractivity contribution is 7.90. The number of alkyl carbamates (subject to hydrolysis) is 2. The van der Waals surface area contributed by atoms with Crippen LogP contribution in [0.3, 0.4) is 0 Å². The molecule has 2 aliphatic rings. The second-order valence-electron chi connectivity index (χ2n) is 20.9. The first-order valence-electron chi connectivity index (χ1n) is 24.5. The van der Waals surface area contributed by atoms with Crippen molar-refractivity contribution in [1.29, 1.82) is 10.5 Å². The number of aromatic nitrogens is 6. The molecule has 0 saturated carbocycles. The highest BCUT2D eigenvalue weighted by atomic mass is 35.5. The lowest BCUT2D eigenvalue weighted by molar-refractivity contribution is 0.0488. The Hall–Kier alpha value is -7.72. The zero-order valence-electron chi connectivity index (χ0n) is 44.3. The lowest BCUT2D eigenvalue weighted by atomic mass is 10.1. The molecule has 2 saturated heterocycles. The van der Waals surface area contributed by atoms with E-state index in [9.17, 15) is 46.9 Å². The lowest BCUT2D eigenvalue weighted by Crippen LogP contribution is -2.49. The van der Waals surface area contributed by atoms with Gasteiger partial charge in [0.2, 0.25) is 15.0 Å². The van der Waals surface area contributed by atoms with Gasteiger partial charge in [-0.15, -0.1) is 11.6 Å². The van der Waals surface area contributed by atoms with Crippen LogP contribution in [0, 0.1) is 40.9 Å². The molecule has 2 atom stereocenters. The minimum absolute atomic E-state index is 0.0111. The van der Waals surface area contributed by atoms with Crippen molar-refractivity contribution in [1.82, 2.24) is 38.9 Å². The fourth-order valence-corrected chi connectivity index (χ4v) is 10.7. The Kier molecular flexibility index (Phi) is 16.9. The number of sulfone groups is 1. The van der Waals surface area contributed by atoms with Crippen molar-refractivity contribution in [3.63, 3.8) is 0 Å². The standard InChI is InChI=1S/C26H27ClFN7O3.C26H30ClFN6O5S/c1-26(2,3)38-25(37)31-17-7-6-10-34(14-17)22-18(12-29)20-21(23(36)33(5)24(30-4)32-20)35(22)13-15-11-16(28)8-9-19(15)27;1-26(2,3)39-25(36)30-17-7-6-10-33(14-17)22-18(12-29)20-21(23(35)32(4)24(31-20)40(5,37)38)34(22)13-15-11-16(28)8-9-19(15)27/h8-9,11,17H,6-7,10,13-14H2,1-3,5H3,(H,31,37);8-9,11,17H,6-7,10,13-14H2,1-5H3,(H,30,36)/t2*17-/m11/s1. The molecular weight excluding hydrogens is 1080 g/mol. The molecule has 0 aliphatic carbocycles. The van der Waals surface area contributed by atoms with E-state index in [2.05, 4.69) is 37.6 Å². The predicted molar refractivity (Wildman–Crippen MR) is 289 cm³/mol. The fraction of sp³-hybridized carbons (Fsp3) is 0.442. The maximum atomic E-state index is 14.2. The summed E-state index contributed by atoms with van der Waals surface area (Å²) in [4.78, 5) is 67.5. The van der Waals surface area contributed by atoms with Gasteiger partial charge < -0.3 is 43.9 Å². The Morgan fingerprint density at radius 2 is 1.17 bits per heavy atom. The normalized spacial score (nSPS) is 15.9. The zero-order valence-corrected chi connectivity index (χ0v) is 46.6. The molecule has 0 radical (unpaired) electrons. The molecular formula is C52H57Cl2F2N13O8S. The van der Waals surface area contributed by atoms with E-state index in [0.717, 1.165) is 15.4 Å². The van der Waals surface area contributed by atoms with Crippen LogP contribution in [0.4, 0.5) is 36.0 Å². The highest BCUT2D eigenvalue weighted by Crippen LogP contribution is 2.36. The van der Waals surface area contributed by atoms with E-state index >= 15 is 0 Å². The molecule has 4 aromatic heterocycles. The number of benzene rings is 2. The van der Waals surface area contributed by atoms with E-state index < -0.39 is 61.1 Å². The number of nitrogens with zero attached hydrogens (tertiary/aromatic N) is 11. The van der Waals surface area contributed by atoms with E-state index in [4.69, 9.17) is 39.2 Å². The quantitative estimate of drug-likeness (QED) is 0.103. The monoisotopic (exact) mass is 1130 g/mol. The van der Waals surface area contributed by atoms with E-state index in [1.54, 1.807) is 46.1 Å². The molecule has 2 aliphatic heterocycles. The van der Waals surface area contributed by atoms with Gasteiger partial charge in [0, 0.05) is 68.7 Å². The maximum Gasteiger partial charge on any atom is 0.407 e. The van der Waals surface area contributed by atoms with Crippen LogP contribution in [0.1, 0.15) is 89.5 Å². The molecule has 412 valence electrons. The summed E-state index contributed by atoms with van der Waals surface area (Å²) in [6, 6.07) is 11.4. The molecule has 2 aromatic carbocycles. The minimum Gasteiger partial charge on any atom is -0.444 e. The van der Waals surface area contributed by atoms with Gasteiger partial charge in [0.1, 0.15) is 68.8 Å². The number of hydrogen-bond donors (Lipinski definition) is 2. The average molecular weight is 1130 g/mol. The molecule has 78 heavy (non-hydrogen) atoms. The highest BCUT2D eigenvalue weighted by Gasteiger charge is 2.35. The van der Waals surface area contributed by atoms with Gasteiger partial charge in [0.15, 0.2) is 11.0 Å². The van der Waals surface area contributed by atoms with Crippen molar-refractivity contribution < 1.29 is 36.3 Å². The molecule has 26 heteroatoms. The van der Waals surface area contributed by atoms with Crippen LogP contribution < -0.4 is 31.6 Å². The number of hydrogen-bond acceptors (Lipinski definition) is 14. The van der Waals surface area contributed by atoms with Crippen LogP contribution in [0.5, 0.6) is 0 Å². The first kappa shape index (κ1) is 58.0. The Morgan fingerprint density at radius 3 is 1.55 bits per heavy atom. The number of rotatable bonds is 9. The molecule has 0 spiro atoms. The topological polar surface area (TPSA) is 249 Å². The van der Waals surface area contributed by atoms with Crippen molar-refractivity contribution in [2.45, 2.75) is 109 Å². The summed E-state index contributed by atoms with van der Waals surface area (Å²) in [6.07, 6.45) is 2.45. The first-order chi connectivity index (χ1) is 36.5. The molecule has 0 unspecified atom stereocenters. The minimum atomic E-state index is -3.92. The third-order valence-corrected chi connectivity index (χ3v) is 14.4. The van der Waals surface area contributed by atoms with Gasteiger partial charge in [0.05, 0.1) is 13.1 Å². The van der Waals surface area contributed by atoms with Gasteiger partial charge in [0.25, 0.3) is 5.56 Å².